The first kappa shape index (κ1) is 4.68. The molecule has 0 bridgehead atoms. The van der Waals surface area contributed by atoms with Gasteiger partial charge in [0.25, 0.3) is 0 Å². The SMILES string of the molecule is [C]1=CN2CC=CC=C2O1. The molecular formula is C7H6NO. The Morgan fingerprint density at radius 3 is 3.56 bits per heavy atom. The Morgan fingerprint density at radius 2 is 2.67 bits per heavy atom. The third-order valence-electron chi connectivity index (χ3n) is 1.33. The van der Waals surface area contributed by atoms with Gasteiger partial charge in [-0.3, -0.25) is 0 Å². The molecule has 0 aromatic carbocycles. The molecule has 0 unspecified atom stereocenters. The number of hydrogen-bond acceptors (Lipinski definition) is 2. The van der Waals surface area contributed by atoms with Gasteiger partial charge in [-0.1, -0.05) is 12.2 Å². The van der Waals surface area contributed by atoms with E-state index in [1.165, 1.54) is 0 Å². The highest BCUT2D eigenvalue weighted by Gasteiger charge is 2.12. The normalized spacial score (nSPS) is 21.3. The van der Waals surface area contributed by atoms with Crippen LogP contribution >= 0.6 is 0 Å². The first-order valence-corrected chi connectivity index (χ1v) is 2.86. The largest absolute Gasteiger partial charge is 0.435 e. The Hall–Kier alpha value is -1.18. The first-order valence-electron chi connectivity index (χ1n) is 2.86. The van der Waals surface area contributed by atoms with E-state index in [4.69, 9.17) is 4.74 Å². The molecule has 2 rings (SSSR count). The van der Waals surface area contributed by atoms with Crippen molar-refractivity contribution in [2.45, 2.75) is 0 Å². The standard InChI is InChI=1S/C7H6NO/c1-2-4-8-5-6-9-7(8)3-1/h1-3,5H,4H2. The van der Waals surface area contributed by atoms with Crippen molar-refractivity contribution < 1.29 is 4.74 Å². The number of rotatable bonds is 0. The Labute approximate surface area is 53.7 Å². The van der Waals surface area contributed by atoms with Gasteiger partial charge >= 0.3 is 0 Å². The molecule has 1 radical (unpaired) electrons. The summed E-state index contributed by atoms with van der Waals surface area (Å²) in [5, 5.41) is 0. The molecule has 0 saturated heterocycles. The van der Waals surface area contributed by atoms with E-state index in [1.807, 2.05) is 17.1 Å². The summed E-state index contributed by atoms with van der Waals surface area (Å²) in [4.78, 5) is 1.99. The highest BCUT2D eigenvalue weighted by atomic mass is 16.5. The summed E-state index contributed by atoms with van der Waals surface area (Å²) in [6.07, 6.45) is 10.4. The molecule has 0 aliphatic carbocycles. The van der Waals surface area contributed by atoms with Crippen LogP contribution in [0.3, 0.4) is 0 Å². The van der Waals surface area contributed by atoms with Crippen molar-refractivity contribution in [3.05, 3.63) is 36.6 Å². The number of nitrogens with zero attached hydrogens (tertiary/aromatic N) is 1. The van der Waals surface area contributed by atoms with Crippen molar-refractivity contribution in [2.75, 3.05) is 6.54 Å². The van der Waals surface area contributed by atoms with Crippen LogP contribution in [0.15, 0.2) is 30.3 Å². The number of fused-ring (bicyclic) bond motifs is 1. The molecule has 0 saturated carbocycles. The number of ether oxygens (including phenoxy) is 1. The van der Waals surface area contributed by atoms with Crippen LogP contribution in [0.5, 0.6) is 0 Å². The van der Waals surface area contributed by atoms with Gasteiger partial charge in [-0.25, -0.2) is 0 Å². The average Bonchev–Trinajstić information content (AvgIpc) is 2.33. The first-order chi connectivity index (χ1) is 4.47. The minimum absolute atomic E-state index is 0.873. The van der Waals surface area contributed by atoms with Crippen molar-refractivity contribution in [1.82, 2.24) is 4.90 Å². The molecule has 0 N–H and O–H groups in total. The molecule has 0 amide bonds. The second-order valence-corrected chi connectivity index (χ2v) is 1.93. The fourth-order valence-electron chi connectivity index (χ4n) is 0.870. The molecule has 45 valence electrons. The van der Waals surface area contributed by atoms with Gasteiger partial charge in [-0.05, 0) is 6.08 Å². The lowest BCUT2D eigenvalue weighted by Gasteiger charge is -2.15. The quantitative estimate of drug-likeness (QED) is 0.473. The minimum atomic E-state index is 0.873. The van der Waals surface area contributed by atoms with E-state index < -0.39 is 0 Å². The van der Waals surface area contributed by atoms with Crippen molar-refractivity contribution in [1.29, 1.82) is 0 Å². The summed E-state index contributed by atoms with van der Waals surface area (Å²) >= 11 is 0. The zero-order chi connectivity index (χ0) is 6.10. The summed E-state index contributed by atoms with van der Waals surface area (Å²) < 4.78 is 4.99. The van der Waals surface area contributed by atoms with Crippen LogP contribution in [0, 0.1) is 6.26 Å². The van der Waals surface area contributed by atoms with Crippen LogP contribution < -0.4 is 0 Å². The Kier molecular flexibility index (Phi) is 0.859. The molecule has 0 fully saturated rings. The zero-order valence-corrected chi connectivity index (χ0v) is 4.87. The van der Waals surface area contributed by atoms with E-state index in [0.29, 0.717) is 0 Å². The van der Waals surface area contributed by atoms with Crippen molar-refractivity contribution in [2.24, 2.45) is 0 Å². The van der Waals surface area contributed by atoms with Crippen LogP contribution in [0.1, 0.15) is 0 Å². The predicted molar refractivity (Wildman–Crippen MR) is 32.8 cm³/mol. The highest BCUT2D eigenvalue weighted by Crippen LogP contribution is 2.16. The Balaban J connectivity index is 2.29. The summed E-state index contributed by atoms with van der Waals surface area (Å²) in [5.41, 5.74) is 0. The van der Waals surface area contributed by atoms with Gasteiger partial charge in [0, 0.05) is 6.54 Å². The smallest absolute Gasteiger partial charge is 0.200 e. The maximum Gasteiger partial charge on any atom is 0.200 e. The lowest BCUT2D eigenvalue weighted by molar-refractivity contribution is 0.268. The molecular weight excluding hydrogens is 114 g/mol. The van der Waals surface area contributed by atoms with Crippen molar-refractivity contribution in [3.8, 4) is 0 Å². The highest BCUT2D eigenvalue weighted by molar-refractivity contribution is 5.17. The number of hydrogen-bond donors (Lipinski definition) is 0. The van der Waals surface area contributed by atoms with Crippen molar-refractivity contribution >= 4 is 0 Å². The Bertz CT molecular complexity index is 203. The summed E-state index contributed by atoms with van der Waals surface area (Å²) in [6.45, 7) is 0.902. The molecule has 2 heterocycles. The van der Waals surface area contributed by atoms with Gasteiger partial charge in [-0.2, -0.15) is 0 Å². The van der Waals surface area contributed by atoms with Gasteiger partial charge in [0.15, 0.2) is 6.26 Å². The van der Waals surface area contributed by atoms with Crippen LogP contribution in [0.2, 0.25) is 0 Å². The fraction of sp³-hybridized carbons (Fsp3) is 0.143. The van der Waals surface area contributed by atoms with E-state index >= 15 is 0 Å². The fourth-order valence-corrected chi connectivity index (χ4v) is 0.870. The third-order valence-corrected chi connectivity index (χ3v) is 1.33. The van der Waals surface area contributed by atoms with Crippen LogP contribution in [0.4, 0.5) is 0 Å². The van der Waals surface area contributed by atoms with E-state index in [9.17, 15) is 0 Å². The molecule has 2 aliphatic heterocycles. The monoisotopic (exact) mass is 120 g/mol. The molecule has 0 spiro atoms. The predicted octanol–water partition coefficient (Wildman–Crippen LogP) is 1.00. The van der Waals surface area contributed by atoms with Gasteiger partial charge in [0.2, 0.25) is 5.88 Å². The second-order valence-electron chi connectivity index (χ2n) is 1.93. The molecule has 2 nitrogen and oxygen atoms in total. The lowest BCUT2D eigenvalue weighted by atomic mass is 10.3. The summed E-state index contributed by atoms with van der Waals surface area (Å²) in [5.74, 6) is 0.873. The lowest BCUT2D eigenvalue weighted by Crippen LogP contribution is -2.14. The summed E-state index contributed by atoms with van der Waals surface area (Å²) in [6, 6.07) is 0. The van der Waals surface area contributed by atoms with Gasteiger partial charge in [0.05, 0.1) is 6.20 Å². The van der Waals surface area contributed by atoms with Gasteiger partial charge < -0.3 is 9.64 Å². The molecule has 2 aliphatic rings. The van der Waals surface area contributed by atoms with E-state index in [2.05, 4.69) is 12.3 Å². The van der Waals surface area contributed by atoms with E-state index in [1.54, 1.807) is 6.20 Å². The van der Waals surface area contributed by atoms with E-state index in [0.717, 1.165) is 12.4 Å². The maximum atomic E-state index is 4.99. The minimum Gasteiger partial charge on any atom is -0.435 e. The van der Waals surface area contributed by atoms with Crippen LogP contribution in [-0.4, -0.2) is 11.4 Å². The van der Waals surface area contributed by atoms with Crippen molar-refractivity contribution in [3.63, 3.8) is 0 Å². The van der Waals surface area contributed by atoms with Crippen LogP contribution in [0.25, 0.3) is 0 Å². The molecule has 0 atom stereocenters. The number of allylic oxidation sites excluding steroid dienone is 2. The molecule has 0 aromatic rings. The topological polar surface area (TPSA) is 12.5 Å². The third kappa shape index (κ3) is 0.633. The molecule has 0 aromatic heterocycles. The average molecular weight is 120 g/mol. The zero-order valence-electron chi connectivity index (χ0n) is 4.87. The summed E-state index contributed by atoms with van der Waals surface area (Å²) in [7, 11) is 0. The second kappa shape index (κ2) is 1.65. The van der Waals surface area contributed by atoms with Gasteiger partial charge in [0.1, 0.15) is 0 Å². The maximum absolute atomic E-state index is 4.99. The Morgan fingerprint density at radius 1 is 1.67 bits per heavy atom. The van der Waals surface area contributed by atoms with Crippen LogP contribution in [-0.2, 0) is 4.74 Å². The molecule has 9 heavy (non-hydrogen) atoms. The van der Waals surface area contributed by atoms with Gasteiger partial charge in [-0.15, -0.1) is 0 Å². The van der Waals surface area contributed by atoms with E-state index in [-0.39, 0.29) is 0 Å². The molecule has 2 heteroatoms.